The number of aliphatic imine (C=N–C) groups is 2. The van der Waals surface area contributed by atoms with Crippen LogP contribution in [0.2, 0.25) is 0 Å². The van der Waals surface area contributed by atoms with Gasteiger partial charge in [0.25, 0.3) is 0 Å². The minimum atomic E-state index is -4.32. The first kappa shape index (κ1) is 6.25. The van der Waals surface area contributed by atoms with Crippen molar-refractivity contribution in [3.05, 3.63) is 0 Å². The van der Waals surface area contributed by atoms with E-state index in [0.717, 1.165) is 12.4 Å². The van der Waals surface area contributed by atoms with Crippen molar-refractivity contribution in [3.8, 4) is 0 Å². The molecule has 0 radical (unpaired) electrons. The van der Waals surface area contributed by atoms with Gasteiger partial charge >= 0.3 is 6.18 Å². The van der Waals surface area contributed by atoms with Gasteiger partial charge in [-0.05, 0) is 0 Å². The van der Waals surface area contributed by atoms with Crippen molar-refractivity contribution in [3.63, 3.8) is 0 Å². The van der Waals surface area contributed by atoms with Gasteiger partial charge in [0.05, 0.1) is 0 Å². The van der Waals surface area contributed by atoms with Gasteiger partial charge < -0.3 is 0 Å². The first-order valence-corrected chi connectivity index (χ1v) is 2.22. The molecule has 50 valence electrons. The van der Waals surface area contributed by atoms with Crippen LogP contribution in [0.4, 0.5) is 13.2 Å². The highest BCUT2D eigenvalue weighted by Crippen LogP contribution is 2.24. The summed E-state index contributed by atoms with van der Waals surface area (Å²) < 4.78 is 34.6. The van der Waals surface area contributed by atoms with E-state index >= 15 is 0 Å². The van der Waals surface area contributed by atoms with Gasteiger partial charge in [-0.3, -0.25) is 9.98 Å². The highest BCUT2D eigenvalue weighted by molar-refractivity contribution is 6.17. The molecule has 0 fully saturated rings. The second-order valence-electron chi connectivity index (χ2n) is 1.51. The largest absolute Gasteiger partial charge is 0.430 e. The fourth-order valence-electron chi connectivity index (χ4n) is 0.448. The molecule has 0 saturated heterocycles. The molecule has 0 unspecified atom stereocenters. The molecular formula is C4H3F3N2. The van der Waals surface area contributed by atoms with E-state index in [1.165, 1.54) is 0 Å². The normalized spacial score (nSPS) is 19.4. The molecule has 0 aromatic heterocycles. The third-order valence-corrected chi connectivity index (χ3v) is 0.814. The molecule has 0 aromatic carbocycles. The van der Waals surface area contributed by atoms with Crippen molar-refractivity contribution >= 4 is 12.4 Å². The third kappa shape index (κ3) is 1.28. The lowest BCUT2D eigenvalue weighted by molar-refractivity contribution is -0.144. The Hall–Kier alpha value is -0.870. The van der Waals surface area contributed by atoms with E-state index in [-0.39, 0.29) is 0 Å². The van der Waals surface area contributed by atoms with E-state index in [1.807, 2.05) is 0 Å². The van der Waals surface area contributed by atoms with Crippen molar-refractivity contribution in [2.75, 3.05) is 0 Å². The van der Waals surface area contributed by atoms with Crippen LogP contribution < -0.4 is 0 Å². The average molecular weight is 136 g/mol. The second kappa shape index (κ2) is 1.82. The Morgan fingerprint density at radius 3 is 1.78 bits per heavy atom. The predicted octanol–water partition coefficient (Wildman–Crippen LogP) is 1.03. The number of rotatable bonds is 0. The zero-order chi connectivity index (χ0) is 6.91. The maximum Gasteiger partial charge on any atom is 0.430 e. The zero-order valence-electron chi connectivity index (χ0n) is 4.26. The van der Waals surface area contributed by atoms with E-state index in [1.54, 1.807) is 0 Å². The first-order valence-electron chi connectivity index (χ1n) is 2.22. The van der Waals surface area contributed by atoms with Crippen LogP contribution in [0.15, 0.2) is 9.98 Å². The van der Waals surface area contributed by atoms with Crippen LogP contribution in [0.3, 0.4) is 0 Å². The summed E-state index contributed by atoms with van der Waals surface area (Å²) in [4.78, 5) is 6.07. The Labute approximate surface area is 49.1 Å². The topological polar surface area (TPSA) is 24.7 Å². The minimum absolute atomic E-state index is 1.04. The molecule has 0 aliphatic carbocycles. The van der Waals surface area contributed by atoms with Crippen LogP contribution in [0.25, 0.3) is 0 Å². The molecule has 1 aliphatic rings. The lowest BCUT2D eigenvalue weighted by Crippen LogP contribution is -2.22. The average Bonchev–Trinajstić information content (AvgIpc) is 2.08. The van der Waals surface area contributed by atoms with E-state index in [4.69, 9.17) is 0 Å². The molecule has 2 nitrogen and oxygen atoms in total. The van der Waals surface area contributed by atoms with Gasteiger partial charge in [-0.25, -0.2) is 0 Å². The molecule has 0 amide bonds. The minimum Gasteiger partial charge on any atom is -0.255 e. The van der Waals surface area contributed by atoms with Crippen molar-refractivity contribution < 1.29 is 13.2 Å². The quantitative estimate of drug-likeness (QED) is 0.475. The van der Waals surface area contributed by atoms with Gasteiger partial charge in [0.2, 0.25) is 6.17 Å². The van der Waals surface area contributed by atoms with Crippen LogP contribution in [0.1, 0.15) is 0 Å². The summed E-state index contributed by atoms with van der Waals surface area (Å²) in [7, 11) is 0. The van der Waals surface area contributed by atoms with E-state index in [9.17, 15) is 13.2 Å². The van der Waals surface area contributed by atoms with Crippen LogP contribution in [0.5, 0.6) is 0 Å². The van der Waals surface area contributed by atoms with Gasteiger partial charge in [-0.1, -0.05) is 0 Å². The molecule has 1 aliphatic heterocycles. The molecule has 0 atom stereocenters. The molecular weight excluding hydrogens is 133 g/mol. The van der Waals surface area contributed by atoms with Gasteiger partial charge in [0.15, 0.2) is 0 Å². The van der Waals surface area contributed by atoms with Crippen molar-refractivity contribution in [2.45, 2.75) is 12.3 Å². The standard InChI is InChI=1S/C4H3F3N2/c5-4(6,7)3-8-1-2-9-3/h1-3H. The Morgan fingerprint density at radius 1 is 1.11 bits per heavy atom. The number of hydrogen-bond acceptors (Lipinski definition) is 2. The summed E-state index contributed by atoms with van der Waals surface area (Å²) in [6.45, 7) is 0. The smallest absolute Gasteiger partial charge is 0.255 e. The number of nitrogens with zero attached hydrogens (tertiary/aromatic N) is 2. The molecule has 0 saturated carbocycles. The summed E-state index contributed by atoms with van der Waals surface area (Å²) in [5.74, 6) is 0. The van der Waals surface area contributed by atoms with Crippen LogP contribution >= 0.6 is 0 Å². The van der Waals surface area contributed by atoms with Gasteiger partial charge in [-0.2, -0.15) is 13.2 Å². The highest BCUT2D eigenvalue weighted by atomic mass is 19.4. The molecule has 1 heterocycles. The van der Waals surface area contributed by atoms with E-state index < -0.39 is 12.3 Å². The Bertz CT molecular complexity index is 146. The van der Waals surface area contributed by atoms with Crippen LogP contribution in [0, 0.1) is 0 Å². The molecule has 5 heteroatoms. The Kier molecular flexibility index (Phi) is 1.27. The fraction of sp³-hybridized carbons (Fsp3) is 0.500. The lowest BCUT2D eigenvalue weighted by atomic mass is 10.5. The number of hydrogen-bond donors (Lipinski definition) is 0. The molecule has 0 N–H and O–H groups in total. The van der Waals surface area contributed by atoms with Crippen molar-refractivity contribution in [2.24, 2.45) is 9.98 Å². The van der Waals surface area contributed by atoms with Gasteiger partial charge in [0.1, 0.15) is 0 Å². The first-order chi connectivity index (χ1) is 4.11. The Balaban J connectivity index is 2.64. The summed E-state index contributed by atoms with van der Waals surface area (Å²) in [5.41, 5.74) is 0. The fourth-order valence-corrected chi connectivity index (χ4v) is 0.448. The number of halogens is 3. The molecule has 0 aromatic rings. The zero-order valence-corrected chi connectivity index (χ0v) is 4.26. The molecule has 1 rings (SSSR count). The second-order valence-corrected chi connectivity index (χ2v) is 1.51. The van der Waals surface area contributed by atoms with Crippen molar-refractivity contribution in [1.82, 2.24) is 0 Å². The van der Waals surface area contributed by atoms with Crippen LogP contribution in [-0.4, -0.2) is 24.8 Å². The predicted molar refractivity (Wildman–Crippen MR) is 26.8 cm³/mol. The third-order valence-electron chi connectivity index (χ3n) is 0.814. The van der Waals surface area contributed by atoms with E-state index in [0.29, 0.717) is 0 Å². The van der Waals surface area contributed by atoms with Crippen molar-refractivity contribution in [1.29, 1.82) is 0 Å². The Morgan fingerprint density at radius 2 is 1.56 bits per heavy atom. The molecule has 9 heavy (non-hydrogen) atoms. The lowest BCUT2D eigenvalue weighted by Gasteiger charge is -2.07. The maximum absolute atomic E-state index is 11.5. The molecule has 0 spiro atoms. The highest BCUT2D eigenvalue weighted by Gasteiger charge is 2.39. The summed E-state index contributed by atoms with van der Waals surface area (Å²) in [6.07, 6.45) is -4.09. The molecule has 0 bridgehead atoms. The maximum atomic E-state index is 11.5. The summed E-state index contributed by atoms with van der Waals surface area (Å²) >= 11 is 0. The summed E-state index contributed by atoms with van der Waals surface area (Å²) in [6, 6.07) is 0. The van der Waals surface area contributed by atoms with Gasteiger partial charge in [0, 0.05) is 12.4 Å². The van der Waals surface area contributed by atoms with Crippen LogP contribution in [-0.2, 0) is 0 Å². The monoisotopic (exact) mass is 136 g/mol. The van der Waals surface area contributed by atoms with Gasteiger partial charge in [-0.15, -0.1) is 0 Å². The summed E-state index contributed by atoms with van der Waals surface area (Å²) in [5, 5.41) is 0. The van der Waals surface area contributed by atoms with E-state index in [2.05, 4.69) is 9.98 Å². The SMILES string of the molecule is FC(F)(F)C1N=CC=N1. The number of alkyl halides is 3.